The Bertz CT molecular complexity index is 679. The normalized spacial score (nSPS) is 15.8. The van der Waals surface area contributed by atoms with Gasteiger partial charge < -0.3 is 4.74 Å². The van der Waals surface area contributed by atoms with Crippen LogP contribution in [0.2, 0.25) is 0 Å². The monoisotopic (exact) mass is 487 g/mol. The maximum atomic E-state index is 14.6. The van der Waals surface area contributed by atoms with Crippen LogP contribution in [0.4, 0.5) is 17.6 Å². The summed E-state index contributed by atoms with van der Waals surface area (Å²) in [5.74, 6) is -3.53. The Morgan fingerprint density at radius 3 is 2.36 bits per heavy atom. The van der Waals surface area contributed by atoms with Crippen molar-refractivity contribution in [2.24, 2.45) is 5.92 Å². The van der Waals surface area contributed by atoms with Gasteiger partial charge in [0.25, 0.3) is 0 Å². The molecular formula is C19H26BrF4NO2S. The van der Waals surface area contributed by atoms with E-state index in [1.807, 2.05) is 20.8 Å². The summed E-state index contributed by atoms with van der Waals surface area (Å²) < 4.78 is 63.6. The number of alkyl halides is 3. The van der Waals surface area contributed by atoms with Gasteiger partial charge in [-0.05, 0) is 59.2 Å². The molecule has 0 spiro atoms. The minimum absolute atomic E-state index is 0.000928. The summed E-state index contributed by atoms with van der Waals surface area (Å²) in [6.45, 7) is 8.72. The van der Waals surface area contributed by atoms with Crippen LogP contribution in [0.15, 0.2) is 22.7 Å². The van der Waals surface area contributed by atoms with Gasteiger partial charge in [0, 0.05) is 14.8 Å². The molecule has 9 heteroatoms. The molecule has 3 nitrogen and oxygen atoms in total. The van der Waals surface area contributed by atoms with Gasteiger partial charge in [0.1, 0.15) is 5.82 Å². The Morgan fingerprint density at radius 1 is 1.25 bits per heavy atom. The summed E-state index contributed by atoms with van der Waals surface area (Å²) in [5, 5.41) is 0. The molecule has 1 aromatic carbocycles. The van der Waals surface area contributed by atoms with E-state index >= 15 is 0 Å². The van der Waals surface area contributed by atoms with Crippen molar-refractivity contribution >= 4 is 33.8 Å². The van der Waals surface area contributed by atoms with Gasteiger partial charge in [0.15, 0.2) is 0 Å². The first-order chi connectivity index (χ1) is 12.7. The van der Waals surface area contributed by atoms with Crippen molar-refractivity contribution in [3.05, 3.63) is 34.1 Å². The molecule has 0 aliphatic heterocycles. The van der Waals surface area contributed by atoms with Crippen LogP contribution in [-0.4, -0.2) is 23.5 Å². The highest BCUT2D eigenvalue weighted by Gasteiger charge is 2.46. The number of hydrogen-bond donors (Lipinski definition) is 1. The zero-order valence-corrected chi connectivity index (χ0v) is 18.9. The lowest BCUT2D eigenvalue weighted by atomic mass is 9.82. The second-order valence-electron chi connectivity index (χ2n) is 7.72. The molecule has 1 N–H and O–H groups in total. The average Bonchev–Trinajstić information content (AvgIpc) is 2.53. The number of nitrogens with one attached hydrogen (secondary N) is 1. The fourth-order valence-corrected chi connectivity index (χ4v) is 3.70. The molecular weight excluding hydrogens is 462 g/mol. The summed E-state index contributed by atoms with van der Waals surface area (Å²) in [5.41, 5.74) is -1.28. The first-order valence-electron chi connectivity index (χ1n) is 8.81. The molecule has 160 valence electrons. The van der Waals surface area contributed by atoms with Crippen LogP contribution in [0.25, 0.3) is 0 Å². The van der Waals surface area contributed by atoms with Crippen LogP contribution in [0.1, 0.15) is 53.0 Å². The van der Waals surface area contributed by atoms with Gasteiger partial charge in [-0.25, -0.2) is 4.39 Å². The molecule has 0 aliphatic carbocycles. The highest BCUT2D eigenvalue weighted by Crippen LogP contribution is 2.42. The summed E-state index contributed by atoms with van der Waals surface area (Å²) in [6, 6.07) is 4.15. The zero-order valence-electron chi connectivity index (χ0n) is 16.5. The highest BCUT2D eigenvalue weighted by atomic mass is 79.9. The molecule has 1 rings (SSSR count). The van der Waals surface area contributed by atoms with Crippen molar-refractivity contribution in [2.45, 2.75) is 63.9 Å². The standard InChI is InChI=1S/C19H26BrF4NO2S/c1-6-27-16(26)9-12(19(22,23)24)11-18(5,25-28-17(2,3)4)14-10-13(20)7-8-15(14)21/h7-8,10,12,25H,6,9,11H2,1-5H3. The summed E-state index contributed by atoms with van der Waals surface area (Å²) >= 11 is 4.46. The fraction of sp³-hybridized carbons (Fsp3) is 0.632. The zero-order chi connectivity index (χ0) is 21.8. The van der Waals surface area contributed by atoms with E-state index in [2.05, 4.69) is 20.7 Å². The lowest BCUT2D eigenvalue weighted by Crippen LogP contribution is -2.43. The maximum Gasteiger partial charge on any atom is 0.392 e. The van der Waals surface area contributed by atoms with E-state index in [9.17, 15) is 22.4 Å². The van der Waals surface area contributed by atoms with Crippen molar-refractivity contribution in [1.82, 2.24) is 4.72 Å². The van der Waals surface area contributed by atoms with Crippen molar-refractivity contribution in [3.8, 4) is 0 Å². The fourth-order valence-electron chi connectivity index (χ4n) is 2.61. The minimum Gasteiger partial charge on any atom is -0.466 e. The largest absolute Gasteiger partial charge is 0.466 e. The Labute approximate surface area is 176 Å². The third kappa shape index (κ3) is 7.91. The topological polar surface area (TPSA) is 38.3 Å². The number of esters is 1. The SMILES string of the molecule is CCOC(=O)CC(CC(C)(NSC(C)(C)C)c1cc(Br)ccc1F)C(F)(F)F. The molecule has 0 bridgehead atoms. The summed E-state index contributed by atoms with van der Waals surface area (Å²) in [4.78, 5) is 11.7. The maximum absolute atomic E-state index is 14.6. The van der Waals surface area contributed by atoms with Gasteiger partial charge in [-0.2, -0.15) is 13.2 Å². The van der Waals surface area contributed by atoms with E-state index < -0.39 is 42.3 Å². The molecule has 0 aromatic heterocycles. The molecule has 2 unspecified atom stereocenters. The Hall–Kier alpha value is -0.800. The third-order valence-corrected chi connectivity index (χ3v) is 5.60. The summed E-state index contributed by atoms with van der Waals surface area (Å²) in [6.07, 6.45) is -5.97. The number of rotatable bonds is 8. The van der Waals surface area contributed by atoms with Crippen LogP contribution in [0.5, 0.6) is 0 Å². The van der Waals surface area contributed by atoms with E-state index in [0.29, 0.717) is 4.47 Å². The summed E-state index contributed by atoms with van der Waals surface area (Å²) in [7, 11) is 0. The van der Waals surface area contributed by atoms with E-state index in [1.165, 1.54) is 44.0 Å². The quantitative estimate of drug-likeness (QED) is 0.263. The lowest BCUT2D eigenvalue weighted by molar-refractivity contribution is -0.189. The second-order valence-corrected chi connectivity index (χ2v) is 10.3. The van der Waals surface area contributed by atoms with E-state index in [4.69, 9.17) is 4.74 Å². The molecule has 0 amide bonds. The van der Waals surface area contributed by atoms with Gasteiger partial charge in [-0.15, -0.1) is 0 Å². The molecule has 2 atom stereocenters. The number of benzene rings is 1. The van der Waals surface area contributed by atoms with Crippen molar-refractivity contribution in [2.75, 3.05) is 6.61 Å². The predicted molar refractivity (Wildman–Crippen MR) is 107 cm³/mol. The predicted octanol–water partition coefficient (Wildman–Crippen LogP) is 6.36. The Balaban J connectivity index is 3.32. The molecule has 0 fully saturated rings. The first-order valence-corrected chi connectivity index (χ1v) is 10.4. The van der Waals surface area contributed by atoms with Crippen LogP contribution in [-0.2, 0) is 15.1 Å². The number of carbonyl (C=O) groups is 1. The molecule has 0 saturated carbocycles. The minimum atomic E-state index is -4.63. The van der Waals surface area contributed by atoms with Gasteiger partial charge in [0.2, 0.25) is 0 Å². The third-order valence-electron chi connectivity index (χ3n) is 3.94. The number of hydrogen-bond acceptors (Lipinski definition) is 4. The number of halogens is 5. The second kappa shape index (κ2) is 9.80. The van der Waals surface area contributed by atoms with Crippen LogP contribution >= 0.6 is 27.9 Å². The van der Waals surface area contributed by atoms with Gasteiger partial charge in [0.05, 0.1) is 24.5 Å². The van der Waals surface area contributed by atoms with Gasteiger partial charge >= 0.3 is 12.1 Å². The highest BCUT2D eigenvalue weighted by molar-refractivity contribution is 9.10. The van der Waals surface area contributed by atoms with Crippen molar-refractivity contribution < 1.29 is 27.1 Å². The van der Waals surface area contributed by atoms with E-state index in [0.717, 1.165) is 0 Å². The van der Waals surface area contributed by atoms with E-state index in [1.54, 1.807) is 0 Å². The smallest absolute Gasteiger partial charge is 0.392 e. The van der Waals surface area contributed by atoms with Crippen LogP contribution < -0.4 is 4.72 Å². The van der Waals surface area contributed by atoms with Gasteiger partial charge in [-0.3, -0.25) is 9.52 Å². The van der Waals surface area contributed by atoms with Crippen molar-refractivity contribution in [3.63, 3.8) is 0 Å². The number of carbonyl (C=O) groups excluding carboxylic acids is 1. The lowest BCUT2D eigenvalue weighted by Gasteiger charge is -2.37. The Kier molecular flexibility index (Phi) is 8.83. The van der Waals surface area contributed by atoms with Crippen molar-refractivity contribution in [1.29, 1.82) is 0 Å². The molecule has 28 heavy (non-hydrogen) atoms. The molecule has 0 saturated heterocycles. The van der Waals surface area contributed by atoms with Crippen LogP contribution in [0.3, 0.4) is 0 Å². The average molecular weight is 488 g/mol. The molecule has 0 radical (unpaired) electrons. The van der Waals surface area contributed by atoms with E-state index in [-0.39, 0.29) is 16.9 Å². The molecule has 0 heterocycles. The van der Waals surface area contributed by atoms with Gasteiger partial charge in [-0.1, -0.05) is 27.9 Å². The molecule has 0 aliphatic rings. The first kappa shape index (κ1) is 25.2. The number of ether oxygens (including phenoxy) is 1. The molecule has 1 aromatic rings. The van der Waals surface area contributed by atoms with Crippen LogP contribution in [0, 0.1) is 11.7 Å². The Morgan fingerprint density at radius 2 is 1.86 bits per heavy atom.